The van der Waals surface area contributed by atoms with E-state index in [0.717, 1.165) is 66.2 Å². The third kappa shape index (κ3) is 4.69. The lowest BCUT2D eigenvalue weighted by molar-refractivity contribution is 0.226. The normalized spacial score (nSPS) is 16.0. The van der Waals surface area contributed by atoms with E-state index in [2.05, 4.69) is 52.0 Å². The van der Waals surface area contributed by atoms with Gasteiger partial charge in [-0.05, 0) is 72.7 Å². The number of likely N-dealkylation sites (tertiary alicyclic amines) is 1. The molecule has 36 heavy (non-hydrogen) atoms. The molecular weight excluding hydrogens is 452 g/mol. The van der Waals surface area contributed by atoms with Gasteiger partial charge in [0.05, 0.1) is 12.3 Å². The van der Waals surface area contributed by atoms with Gasteiger partial charge in [-0.3, -0.25) is 4.90 Å². The van der Waals surface area contributed by atoms with Crippen LogP contribution in [0.4, 0.5) is 0 Å². The number of rotatable bonds is 7. The summed E-state index contributed by atoms with van der Waals surface area (Å²) in [7, 11) is 1.78. The summed E-state index contributed by atoms with van der Waals surface area (Å²) in [5.74, 6) is 6.51. The average molecular weight is 489 g/mol. The second-order valence-corrected chi connectivity index (χ2v) is 10.2. The quantitative estimate of drug-likeness (QED) is 0.232. The topological polar surface area (TPSA) is 125 Å². The lowest BCUT2D eigenvalue weighted by atomic mass is 9.87. The maximum atomic E-state index is 10.1. The van der Waals surface area contributed by atoms with Crippen molar-refractivity contribution in [2.24, 2.45) is 11.6 Å². The molecule has 0 atom stereocenters. The van der Waals surface area contributed by atoms with Gasteiger partial charge in [0.15, 0.2) is 5.65 Å². The van der Waals surface area contributed by atoms with Gasteiger partial charge in [-0.25, -0.2) is 15.3 Å². The molecule has 0 amide bonds. The Morgan fingerprint density at radius 2 is 2.06 bits per heavy atom. The Hall–Kier alpha value is -3.40. The molecule has 1 aliphatic rings. The minimum atomic E-state index is -0.0588. The Balaban J connectivity index is 1.45. The van der Waals surface area contributed by atoms with E-state index in [4.69, 9.17) is 11.6 Å². The Morgan fingerprint density at radius 3 is 2.75 bits per heavy atom. The maximum Gasteiger partial charge on any atom is 0.155 e. The number of H-pyrrole nitrogens is 1. The summed E-state index contributed by atoms with van der Waals surface area (Å²) in [6.07, 6.45) is 7.48. The van der Waals surface area contributed by atoms with Crippen LogP contribution in [0.5, 0.6) is 0 Å². The van der Waals surface area contributed by atoms with Crippen LogP contribution in [0.25, 0.3) is 27.8 Å². The number of pyridine rings is 1. The summed E-state index contributed by atoms with van der Waals surface area (Å²) in [6, 6.07) is 8.75. The van der Waals surface area contributed by atoms with Crippen LogP contribution >= 0.6 is 0 Å². The van der Waals surface area contributed by atoms with Gasteiger partial charge < -0.3 is 20.8 Å². The number of hydrogen-bond donors (Lipinski definition) is 4. The molecule has 6 N–H and O–H groups in total. The van der Waals surface area contributed by atoms with Crippen LogP contribution in [0.2, 0.25) is 0 Å². The molecule has 190 valence electrons. The monoisotopic (exact) mass is 488 g/mol. The van der Waals surface area contributed by atoms with Crippen molar-refractivity contribution in [1.82, 2.24) is 29.5 Å². The van der Waals surface area contributed by atoms with Crippen LogP contribution in [0.3, 0.4) is 0 Å². The van der Waals surface area contributed by atoms with Gasteiger partial charge in [-0.2, -0.15) is 5.10 Å². The highest BCUT2D eigenvalue weighted by atomic mass is 16.3. The number of hydrogen-bond acceptors (Lipinski definition) is 7. The van der Waals surface area contributed by atoms with E-state index in [0.29, 0.717) is 11.8 Å². The molecule has 5 rings (SSSR count). The fourth-order valence-electron chi connectivity index (χ4n) is 5.54. The molecule has 9 nitrogen and oxygen atoms in total. The molecule has 1 fully saturated rings. The number of aromatic nitrogens is 4. The summed E-state index contributed by atoms with van der Waals surface area (Å²) in [4.78, 5) is 10.3. The molecule has 0 aliphatic carbocycles. The summed E-state index contributed by atoms with van der Waals surface area (Å²) >= 11 is 0. The number of aliphatic hydroxyl groups is 1. The predicted molar refractivity (Wildman–Crippen MR) is 143 cm³/mol. The van der Waals surface area contributed by atoms with E-state index in [9.17, 15) is 5.11 Å². The Labute approximate surface area is 211 Å². The molecule has 0 spiro atoms. The minimum absolute atomic E-state index is 0.0588. The largest absolute Gasteiger partial charge is 0.400 e. The second-order valence-electron chi connectivity index (χ2n) is 10.2. The standard InChI is InChI=1S/C27H36N8O/c1-17(2)26-22-10-19(18-6-8-34(9-7-18)13-21(28)12-33(3)29)4-5-24(22)32-27(26)23-14-35-25(30-16-31-35)11-20(23)15-36/h4-5,10-12,14,16-18,32,36H,6-9,13,15,28-29H2,1-3H3/b21-12-. The molecule has 0 bridgehead atoms. The van der Waals surface area contributed by atoms with Crippen molar-refractivity contribution in [1.29, 1.82) is 0 Å². The molecule has 1 aliphatic heterocycles. The van der Waals surface area contributed by atoms with E-state index in [-0.39, 0.29) is 6.61 Å². The third-order valence-corrected chi connectivity index (χ3v) is 7.22. The number of nitrogens with one attached hydrogen (secondary N) is 1. The lowest BCUT2D eigenvalue weighted by Crippen LogP contribution is -2.36. The van der Waals surface area contributed by atoms with Crippen LogP contribution in [0.15, 0.2) is 48.7 Å². The molecule has 0 saturated carbocycles. The first-order valence-corrected chi connectivity index (χ1v) is 12.6. The fourth-order valence-corrected chi connectivity index (χ4v) is 5.54. The van der Waals surface area contributed by atoms with Crippen LogP contribution in [0, 0.1) is 0 Å². The number of aliphatic hydroxyl groups excluding tert-OH is 1. The highest BCUT2D eigenvalue weighted by molar-refractivity contribution is 5.92. The zero-order valence-corrected chi connectivity index (χ0v) is 21.3. The van der Waals surface area contributed by atoms with Crippen molar-refractivity contribution in [3.63, 3.8) is 0 Å². The maximum absolute atomic E-state index is 10.1. The molecule has 3 aromatic heterocycles. The van der Waals surface area contributed by atoms with Crippen LogP contribution in [-0.4, -0.2) is 61.3 Å². The Bertz CT molecular complexity index is 1390. The van der Waals surface area contributed by atoms with Crippen molar-refractivity contribution >= 4 is 16.6 Å². The van der Waals surface area contributed by atoms with Gasteiger partial charge in [-0.1, -0.05) is 19.9 Å². The number of benzene rings is 1. The molecule has 1 aromatic carbocycles. The van der Waals surface area contributed by atoms with Gasteiger partial charge in [0.2, 0.25) is 0 Å². The first kappa shape index (κ1) is 24.3. The second kappa shape index (κ2) is 9.93. The molecule has 0 unspecified atom stereocenters. The van der Waals surface area contributed by atoms with Gasteiger partial charge in [0, 0.05) is 48.2 Å². The summed E-state index contributed by atoms with van der Waals surface area (Å²) in [5, 5.41) is 17.2. The average Bonchev–Trinajstić information content (AvgIpc) is 3.46. The van der Waals surface area contributed by atoms with Gasteiger partial charge in [0.1, 0.15) is 6.33 Å². The zero-order chi connectivity index (χ0) is 25.4. The van der Waals surface area contributed by atoms with E-state index < -0.39 is 0 Å². The zero-order valence-electron chi connectivity index (χ0n) is 21.3. The smallest absolute Gasteiger partial charge is 0.155 e. The molecule has 0 radical (unpaired) electrons. The van der Waals surface area contributed by atoms with Gasteiger partial charge in [-0.15, -0.1) is 0 Å². The summed E-state index contributed by atoms with van der Waals surface area (Å²) in [6.45, 7) is 7.16. The van der Waals surface area contributed by atoms with E-state index >= 15 is 0 Å². The Morgan fingerprint density at radius 1 is 1.28 bits per heavy atom. The molecule has 4 aromatic rings. The van der Waals surface area contributed by atoms with E-state index in [1.807, 2.05) is 12.3 Å². The van der Waals surface area contributed by atoms with Crippen LogP contribution in [-0.2, 0) is 6.61 Å². The van der Waals surface area contributed by atoms with Crippen molar-refractivity contribution in [3.05, 3.63) is 65.4 Å². The number of nitrogens with zero attached hydrogens (tertiary/aromatic N) is 5. The Kier molecular flexibility index (Phi) is 6.70. The predicted octanol–water partition coefficient (Wildman–Crippen LogP) is 3.28. The number of aromatic amines is 1. The molecule has 9 heteroatoms. The number of piperidine rings is 1. The lowest BCUT2D eigenvalue weighted by Gasteiger charge is -2.32. The SMILES string of the molecule is CC(C)c1c(-c2cn3ncnc3cc2CO)[nH]c2ccc(C3CCN(C/C(N)=C/N(C)N)CC3)cc12. The van der Waals surface area contributed by atoms with Crippen LogP contribution < -0.4 is 11.6 Å². The number of fused-ring (bicyclic) bond motifs is 2. The third-order valence-electron chi connectivity index (χ3n) is 7.22. The first-order chi connectivity index (χ1) is 17.3. The fraction of sp³-hybridized carbons (Fsp3) is 0.407. The van der Waals surface area contributed by atoms with Gasteiger partial charge in [0.25, 0.3) is 0 Å². The van der Waals surface area contributed by atoms with Crippen molar-refractivity contribution in [2.75, 3.05) is 26.7 Å². The van der Waals surface area contributed by atoms with Crippen molar-refractivity contribution < 1.29 is 5.11 Å². The van der Waals surface area contributed by atoms with Crippen LogP contribution in [0.1, 0.15) is 55.2 Å². The van der Waals surface area contributed by atoms with Crippen molar-refractivity contribution in [3.8, 4) is 11.3 Å². The van der Waals surface area contributed by atoms with E-state index in [1.165, 1.54) is 27.8 Å². The first-order valence-electron chi connectivity index (χ1n) is 12.6. The van der Waals surface area contributed by atoms with Gasteiger partial charge >= 0.3 is 0 Å². The molecular formula is C27H36N8O. The highest BCUT2D eigenvalue weighted by Gasteiger charge is 2.24. The summed E-state index contributed by atoms with van der Waals surface area (Å²) in [5.41, 5.74) is 14.2. The number of nitrogens with two attached hydrogens (primary N) is 2. The van der Waals surface area contributed by atoms with Crippen molar-refractivity contribution in [2.45, 2.75) is 45.1 Å². The highest BCUT2D eigenvalue weighted by Crippen LogP contribution is 2.39. The summed E-state index contributed by atoms with van der Waals surface area (Å²) < 4.78 is 1.76. The number of hydrazine groups is 1. The minimum Gasteiger partial charge on any atom is -0.400 e. The van der Waals surface area contributed by atoms with E-state index in [1.54, 1.807) is 17.8 Å². The molecule has 4 heterocycles. The molecule has 1 saturated heterocycles.